The van der Waals surface area contributed by atoms with E-state index in [9.17, 15) is 14.9 Å². The number of furan rings is 1. The van der Waals surface area contributed by atoms with Crippen LogP contribution in [0, 0.1) is 17.0 Å². The van der Waals surface area contributed by atoms with Crippen LogP contribution in [0.15, 0.2) is 70.4 Å². The maximum Gasteiger partial charge on any atom is 0.271 e. The van der Waals surface area contributed by atoms with E-state index in [0.29, 0.717) is 22.4 Å². The highest BCUT2D eigenvalue weighted by atomic mass is 35.5. The van der Waals surface area contributed by atoms with E-state index in [1.165, 1.54) is 30.0 Å². The topological polar surface area (TPSA) is 116 Å². The maximum atomic E-state index is 12.8. The van der Waals surface area contributed by atoms with Crippen molar-refractivity contribution in [1.82, 2.24) is 14.8 Å². The van der Waals surface area contributed by atoms with Gasteiger partial charge >= 0.3 is 0 Å². The number of carbonyl (C=O) groups excluding carboxylic acids is 1. The van der Waals surface area contributed by atoms with Gasteiger partial charge < -0.3 is 9.73 Å². The number of nitro groups is 1. The molecule has 11 heteroatoms. The monoisotopic (exact) mass is 483 g/mol. The predicted molar refractivity (Wildman–Crippen MR) is 126 cm³/mol. The van der Waals surface area contributed by atoms with Gasteiger partial charge in [-0.2, -0.15) is 0 Å². The zero-order chi connectivity index (χ0) is 23.5. The Bertz CT molecular complexity index is 1320. The number of para-hydroxylation sites is 1. The molecular weight excluding hydrogens is 466 g/mol. The summed E-state index contributed by atoms with van der Waals surface area (Å²) >= 11 is 7.33. The zero-order valence-electron chi connectivity index (χ0n) is 17.6. The molecule has 33 heavy (non-hydrogen) atoms. The van der Waals surface area contributed by atoms with Gasteiger partial charge in [0.05, 0.1) is 32.7 Å². The number of non-ortho nitro benzene ring substituents is 1. The molecule has 2 aromatic heterocycles. The van der Waals surface area contributed by atoms with Crippen molar-refractivity contribution in [3.63, 3.8) is 0 Å². The molecule has 0 aliphatic carbocycles. The first kappa shape index (κ1) is 22.6. The number of thioether (sulfide) groups is 1. The van der Waals surface area contributed by atoms with Gasteiger partial charge in [-0.3, -0.25) is 19.5 Å². The Morgan fingerprint density at radius 2 is 1.97 bits per heavy atom. The first-order valence-electron chi connectivity index (χ1n) is 9.82. The van der Waals surface area contributed by atoms with Crippen LogP contribution in [0.3, 0.4) is 0 Å². The van der Waals surface area contributed by atoms with Crippen molar-refractivity contribution in [2.45, 2.75) is 24.3 Å². The number of anilines is 1. The summed E-state index contributed by atoms with van der Waals surface area (Å²) in [6, 6.07) is 15.3. The van der Waals surface area contributed by atoms with Crippen molar-refractivity contribution in [2.24, 2.45) is 0 Å². The van der Waals surface area contributed by atoms with Gasteiger partial charge in [-0.05, 0) is 38.1 Å². The van der Waals surface area contributed by atoms with Crippen molar-refractivity contribution in [3.05, 3.63) is 81.8 Å². The summed E-state index contributed by atoms with van der Waals surface area (Å²) in [6.45, 7) is 3.57. The van der Waals surface area contributed by atoms with E-state index in [4.69, 9.17) is 16.0 Å². The van der Waals surface area contributed by atoms with Crippen LogP contribution in [-0.4, -0.2) is 30.8 Å². The number of aromatic nitrogens is 3. The van der Waals surface area contributed by atoms with Crippen LogP contribution in [-0.2, 0) is 4.79 Å². The molecule has 168 valence electrons. The van der Waals surface area contributed by atoms with E-state index in [2.05, 4.69) is 15.5 Å². The average molecular weight is 484 g/mol. The Kier molecular flexibility index (Phi) is 6.47. The normalized spacial score (nSPS) is 11.8. The molecule has 1 N–H and O–H groups in total. The highest BCUT2D eigenvalue weighted by molar-refractivity contribution is 8.00. The summed E-state index contributed by atoms with van der Waals surface area (Å²) in [5.74, 6) is 0.968. The molecule has 0 bridgehead atoms. The molecule has 0 radical (unpaired) electrons. The lowest BCUT2D eigenvalue weighted by Crippen LogP contribution is -2.23. The molecule has 1 amide bonds. The first-order valence-corrected chi connectivity index (χ1v) is 11.1. The van der Waals surface area contributed by atoms with Gasteiger partial charge in [0.2, 0.25) is 5.91 Å². The lowest BCUT2D eigenvalue weighted by atomic mass is 10.2. The molecule has 0 saturated carbocycles. The quantitative estimate of drug-likeness (QED) is 0.209. The number of nitro benzene ring substituents is 1. The van der Waals surface area contributed by atoms with E-state index in [0.717, 1.165) is 11.3 Å². The fraction of sp³-hybridized carbons (Fsp3) is 0.136. The van der Waals surface area contributed by atoms with Gasteiger partial charge in [0.15, 0.2) is 11.0 Å². The van der Waals surface area contributed by atoms with Gasteiger partial charge in [-0.15, -0.1) is 10.2 Å². The van der Waals surface area contributed by atoms with Gasteiger partial charge in [-0.1, -0.05) is 41.6 Å². The fourth-order valence-corrected chi connectivity index (χ4v) is 4.20. The minimum absolute atomic E-state index is 0.0833. The van der Waals surface area contributed by atoms with Crippen molar-refractivity contribution >= 4 is 40.6 Å². The fourth-order valence-electron chi connectivity index (χ4n) is 3.11. The van der Waals surface area contributed by atoms with Gasteiger partial charge in [0, 0.05) is 17.8 Å². The number of amides is 1. The summed E-state index contributed by atoms with van der Waals surface area (Å²) < 4.78 is 7.30. The number of hydrogen-bond acceptors (Lipinski definition) is 7. The number of rotatable bonds is 7. The van der Waals surface area contributed by atoms with Crippen LogP contribution in [0.25, 0.3) is 17.1 Å². The van der Waals surface area contributed by atoms with Crippen LogP contribution in [0.4, 0.5) is 11.4 Å². The van der Waals surface area contributed by atoms with Crippen molar-refractivity contribution < 1.29 is 14.1 Å². The Morgan fingerprint density at radius 3 is 2.61 bits per heavy atom. The molecule has 2 heterocycles. The smallest absolute Gasteiger partial charge is 0.271 e. The summed E-state index contributed by atoms with van der Waals surface area (Å²) in [5, 5.41) is 22.3. The average Bonchev–Trinajstić information content (AvgIpc) is 3.41. The number of carbonyl (C=O) groups is 1. The van der Waals surface area contributed by atoms with Gasteiger partial charge in [0.1, 0.15) is 5.76 Å². The van der Waals surface area contributed by atoms with E-state index in [-0.39, 0.29) is 16.6 Å². The number of hydrogen-bond donors (Lipinski definition) is 1. The zero-order valence-corrected chi connectivity index (χ0v) is 19.1. The third kappa shape index (κ3) is 4.76. The van der Waals surface area contributed by atoms with E-state index < -0.39 is 10.2 Å². The highest BCUT2D eigenvalue weighted by Gasteiger charge is 2.24. The molecule has 4 rings (SSSR count). The van der Waals surface area contributed by atoms with E-state index in [1.54, 1.807) is 13.2 Å². The number of aryl methyl sites for hydroxylation is 1. The van der Waals surface area contributed by atoms with Crippen molar-refractivity contribution in [1.29, 1.82) is 0 Å². The van der Waals surface area contributed by atoms with Crippen molar-refractivity contribution in [3.8, 4) is 17.1 Å². The lowest BCUT2D eigenvalue weighted by molar-refractivity contribution is -0.384. The SMILES string of the molecule is Cc1occc1-c1nnc(SC(C)C(=O)Nc2ccc([N+](=O)[O-])cc2Cl)n1-c1ccccc1. The van der Waals surface area contributed by atoms with Crippen LogP contribution >= 0.6 is 23.4 Å². The molecule has 9 nitrogen and oxygen atoms in total. The third-order valence-electron chi connectivity index (χ3n) is 4.82. The summed E-state index contributed by atoms with van der Waals surface area (Å²) in [4.78, 5) is 23.2. The molecule has 0 saturated heterocycles. The van der Waals surface area contributed by atoms with Crippen molar-refractivity contribution in [2.75, 3.05) is 5.32 Å². The Morgan fingerprint density at radius 1 is 1.21 bits per heavy atom. The first-order chi connectivity index (χ1) is 15.8. The molecule has 4 aromatic rings. The highest BCUT2D eigenvalue weighted by Crippen LogP contribution is 2.33. The molecule has 1 atom stereocenters. The van der Waals surface area contributed by atoms with Gasteiger partial charge in [0.25, 0.3) is 5.69 Å². The standard InChI is InChI=1S/C22H18ClN5O4S/c1-13-17(10-11-32-13)20-25-26-22(27(20)15-6-4-3-5-7-15)33-14(2)21(29)24-19-9-8-16(28(30)31)12-18(19)23/h3-12,14H,1-2H3,(H,24,29). The van der Waals surface area contributed by atoms with Crippen LogP contribution in [0.5, 0.6) is 0 Å². The second kappa shape index (κ2) is 9.47. The predicted octanol–water partition coefficient (Wildman–Crippen LogP) is 5.52. The Labute approximate surface area is 197 Å². The molecule has 1 unspecified atom stereocenters. The maximum absolute atomic E-state index is 12.8. The number of nitrogens with one attached hydrogen (secondary N) is 1. The largest absolute Gasteiger partial charge is 0.469 e. The number of halogens is 1. The molecule has 0 aliphatic rings. The minimum atomic E-state index is -0.568. The number of nitrogens with zero attached hydrogens (tertiary/aromatic N) is 4. The second-order valence-corrected chi connectivity index (χ2v) is 8.75. The Hall–Kier alpha value is -3.63. The number of benzene rings is 2. The molecule has 0 fully saturated rings. The van der Waals surface area contributed by atoms with Crippen LogP contribution < -0.4 is 5.32 Å². The molecule has 0 aliphatic heterocycles. The summed E-state index contributed by atoms with van der Waals surface area (Å²) in [6.07, 6.45) is 1.59. The summed E-state index contributed by atoms with van der Waals surface area (Å²) in [7, 11) is 0. The Balaban J connectivity index is 1.60. The lowest BCUT2D eigenvalue weighted by Gasteiger charge is -2.14. The molecule has 2 aromatic carbocycles. The van der Waals surface area contributed by atoms with Gasteiger partial charge in [-0.25, -0.2) is 0 Å². The van der Waals surface area contributed by atoms with E-state index in [1.807, 2.05) is 47.9 Å². The third-order valence-corrected chi connectivity index (χ3v) is 6.18. The molecular formula is C22H18ClN5O4S. The van der Waals surface area contributed by atoms with E-state index >= 15 is 0 Å². The van der Waals surface area contributed by atoms with Crippen LogP contribution in [0.2, 0.25) is 5.02 Å². The van der Waals surface area contributed by atoms with Crippen LogP contribution in [0.1, 0.15) is 12.7 Å². The second-order valence-electron chi connectivity index (χ2n) is 7.04. The minimum Gasteiger partial charge on any atom is -0.469 e. The summed E-state index contributed by atoms with van der Waals surface area (Å²) in [5.41, 5.74) is 1.77. The molecule has 0 spiro atoms.